The van der Waals surface area contributed by atoms with Gasteiger partial charge in [-0.3, -0.25) is 9.89 Å². The highest BCUT2D eigenvalue weighted by molar-refractivity contribution is 5.95. The molecule has 1 N–H and O–H groups in total. The SMILES string of the molecule is CC.O=C(c1n[nH]c2c1CCC=C2)N1CCN2CCC1CC2. The zero-order valence-electron chi connectivity index (χ0n) is 13.6. The molecule has 5 heteroatoms. The fourth-order valence-corrected chi connectivity index (χ4v) is 3.67. The van der Waals surface area contributed by atoms with Crippen molar-refractivity contribution < 1.29 is 4.79 Å². The van der Waals surface area contributed by atoms with E-state index in [0.29, 0.717) is 11.7 Å². The number of hydrogen-bond acceptors (Lipinski definition) is 3. The normalized spacial score (nSPS) is 26.0. The van der Waals surface area contributed by atoms with Crippen molar-refractivity contribution in [2.45, 2.75) is 45.6 Å². The number of H-pyrrole nitrogens is 1. The summed E-state index contributed by atoms with van der Waals surface area (Å²) >= 11 is 0. The van der Waals surface area contributed by atoms with Crippen LogP contribution in [0.2, 0.25) is 0 Å². The molecular weight excluding hydrogens is 276 g/mol. The summed E-state index contributed by atoms with van der Waals surface area (Å²) in [5.41, 5.74) is 2.78. The number of piperidine rings is 1. The molecule has 22 heavy (non-hydrogen) atoms. The molecule has 1 aromatic rings. The first-order chi connectivity index (χ1) is 10.8. The Bertz CT molecular complexity index is 555. The molecule has 3 saturated heterocycles. The summed E-state index contributed by atoms with van der Waals surface area (Å²) in [6.07, 6.45) is 8.33. The van der Waals surface area contributed by atoms with Crippen molar-refractivity contribution >= 4 is 12.0 Å². The summed E-state index contributed by atoms with van der Waals surface area (Å²) in [5.74, 6) is 0.131. The molecule has 0 aromatic carbocycles. The van der Waals surface area contributed by atoms with Crippen LogP contribution in [0, 0.1) is 0 Å². The van der Waals surface area contributed by atoms with Gasteiger partial charge >= 0.3 is 0 Å². The number of aromatic amines is 1. The number of amides is 1. The average molecular weight is 302 g/mol. The Kier molecular flexibility index (Phi) is 4.62. The van der Waals surface area contributed by atoms with Gasteiger partial charge in [0.05, 0.1) is 5.69 Å². The molecule has 0 saturated carbocycles. The van der Waals surface area contributed by atoms with Gasteiger partial charge < -0.3 is 9.80 Å². The lowest BCUT2D eigenvalue weighted by Gasteiger charge is -2.31. The van der Waals surface area contributed by atoms with Crippen LogP contribution < -0.4 is 0 Å². The molecule has 4 heterocycles. The third-order valence-corrected chi connectivity index (χ3v) is 4.86. The molecule has 0 atom stereocenters. The van der Waals surface area contributed by atoms with Gasteiger partial charge in [0.1, 0.15) is 0 Å². The van der Waals surface area contributed by atoms with Crippen LogP contribution in [-0.4, -0.2) is 58.1 Å². The quantitative estimate of drug-likeness (QED) is 0.866. The molecule has 1 aromatic heterocycles. The molecule has 1 aliphatic carbocycles. The highest BCUT2D eigenvalue weighted by Gasteiger charge is 2.34. The second-order valence-electron chi connectivity index (χ2n) is 5.98. The Hall–Kier alpha value is -1.62. The van der Waals surface area contributed by atoms with E-state index < -0.39 is 0 Å². The van der Waals surface area contributed by atoms with E-state index in [2.05, 4.69) is 26.1 Å². The average Bonchev–Trinajstić information content (AvgIpc) is 2.78. The lowest BCUT2D eigenvalue weighted by Crippen LogP contribution is -2.42. The molecule has 5 rings (SSSR count). The molecule has 5 nitrogen and oxygen atoms in total. The maximum atomic E-state index is 12.9. The molecule has 3 aliphatic heterocycles. The Balaban J connectivity index is 0.000000693. The van der Waals surface area contributed by atoms with Crippen molar-refractivity contribution in [2.75, 3.05) is 26.2 Å². The zero-order valence-corrected chi connectivity index (χ0v) is 13.6. The Morgan fingerprint density at radius 2 is 2.00 bits per heavy atom. The minimum absolute atomic E-state index is 0.131. The van der Waals surface area contributed by atoms with Crippen molar-refractivity contribution in [2.24, 2.45) is 0 Å². The Morgan fingerprint density at radius 1 is 1.23 bits per heavy atom. The van der Waals surface area contributed by atoms with Gasteiger partial charge in [-0.2, -0.15) is 5.10 Å². The maximum Gasteiger partial charge on any atom is 0.274 e. The summed E-state index contributed by atoms with van der Waals surface area (Å²) in [4.78, 5) is 17.4. The summed E-state index contributed by atoms with van der Waals surface area (Å²) in [6, 6.07) is 0.410. The fraction of sp³-hybridized carbons (Fsp3) is 0.647. The predicted octanol–water partition coefficient (Wildman–Crippen LogP) is 2.32. The first kappa shape index (κ1) is 15.3. The highest BCUT2D eigenvalue weighted by atomic mass is 16.2. The fourth-order valence-electron chi connectivity index (χ4n) is 3.67. The van der Waals surface area contributed by atoms with Crippen LogP contribution in [0.3, 0.4) is 0 Å². The largest absolute Gasteiger partial charge is 0.333 e. The number of carbonyl (C=O) groups is 1. The first-order valence-electron chi connectivity index (χ1n) is 8.60. The number of nitrogens with one attached hydrogen (secondary N) is 1. The van der Waals surface area contributed by atoms with Crippen LogP contribution in [0.15, 0.2) is 6.08 Å². The molecule has 120 valence electrons. The number of nitrogens with zero attached hydrogens (tertiary/aromatic N) is 3. The van der Waals surface area contributed by atoms with E-state index in [0.717, 1.165) is 63.1 Å². The van der Waals surface area contributed by atoms with Gasteiger partial charge in [0, 0.05) is 37.8 Å². The van der Waals surface area contributed by atoms with Crippen LogP contribution >= 0.6 is 0 Å². The number of allylic oxidation sites excluding steroid dienone is 1. The monoisotopic (exact) mass is 302 g/mol. The van der Waals surface area contributed by atoms with Crippen molar-refractivity contribution in [3.63, 3.8) is 0 Å². The second kappa shape index (κ2) is 6.65. The van der Waals surface area contributed by atoms with Crippen LogP contribution in [0.1, 0.15) is 54.9 Å². The van der Waals surface area contributed by atoms with Crippen LogP contribution in [0.25, 0.3) is 6.08 Å². The third-order valence-electron chi connectivity index (χ3n) is 4.86. The number of fused-ring (bicyclic) bond motifs is 5. The van der Waals surface area contributed by atoms with Crippen LogP contribution in [0.4, 0.5) is 0 Å². The van der Waals surface area contributed by atoms with E-state index in [4.69, 9.17) is 0 Å². The molecule has 4 aliphatic rings. The molecule has 0 radical (unpaired) electrons. The summed E-state index contributed by atoms with van der Waals surface area (Å²) in [5, 5.41) is 7.32. The summed E-state index contributed by atoms with van der Waals surface area (Å²) < 4.78 is 0. The van der Waals surface area contributed by atoms with E-state index in [1.54, 1.807) is 0 Å². The Labute approximate surface area is 132 Å². The molecule has 0 unspecified atom stereocenters. The van der Waals surface area contributed by atoms with Gasteiger partial charge in [-0.15, -0.1) is 0 Å². The zero-order chi connectivity index (χ0) is 15.5. The number of rotatable bonds is 1. The van der Waals surface area contributed by atoms with Crippen LogP contribution in [0.5, 0.6) is 0 Å². The van der Waals surface area contributed by atoms with Gasteiger partial charge in [0.15, 0.2) is 5.69 Å². The van der Waals surface area contributed by atoms with E-state index in [1.807, 2.05) is 19.9 Å². The second-order valence-corrected chi connectivity index (χ2v) is 5.98. The van der Waals surface area contributed by atoms with E-state index in [-0.39, 0.29) is 5.91 Å². The molecule has 0 spiro atoms. The number of aromatic nitrogens is 2. The maximum absolute atomic E-state index is 12.9. The summed E-state index contributed by atoms with van der Waals surface area (Å²) in [6.45, 7) is 8.13. The van der Waals surface area contributed by atoms with E-state index >= 15 is 0 Å². The first-order valence-corrected chi connectivity index (χ1v) is 8.60. The summed E-state index contributed by atoms with van der Waals surface area (Å²) in [7, 11) is 0. The minimum Gasteiger partial charge on any atom is -0.333 e. The van der Waals surface area contributed by atoms with E-state index in [9.17, 15) is 4.79 Å². The third kappa shape index (κ3) is 2.70. The Morgan fingerprint density at radius 3 is 2.77 bits per heavy atom. The smallest absolute Gasteiger partial charge is 0.274 e. The minimum atomic E-state index is 0.131. The molecule has 3 fully saturated rings. The van der Waals surface area contributed by atoms with Crippen LogP contribution in [-0.2, 0) is 6.42 Å². The van der Waals surface area contributed by atoms with Crippen molar-refractivity contribution in [1.82, 2.24) is 20.0 Å². The van der Waals surface area contributed by atoms with Gasteiger partial charge in [-0.1, -0.05) is 19.9 Å². The number of carbonyl (C=O) groups excluding carboxylic acids is 1. The predicted molar refractivity (Wildman–Crippen MR) is 87.8 cm³/mol. The van der Waals surface area contributed by atoms with Gasteiger partial charge in [0.2, 0.25) is 0 Å². The molecular formula is C17H26N4O. The van der Waals surface area contributed by atoms with Gasteiger partial charge in [-0.25, -0.2) is 0 Å². The van der Waals surface area contributed by atoms with Crippen molar-refractivity contribution in [3.05, 3.63) is 23.0 Å². The van der Waals surface area contributed by atoms with Gasteiger partial charge in [-0.05, 0) is 31.8 Å². The van der Waals surface area contributed by atoms with Crippen molar-refractivity contribution in [3.8, 4) is 0 Å². The van der Waals surface area contributed by atoms with Crippen molar-refractivity contribution in [1.29, 1.82) is 0 Å². The lowest BCUT2D eigenvalue weighted by molar-refractivity contribution is 0.0677. The van der Waals surface area contributed by atoms with E-state index in [1.165, 1.54) is 0 Å². The molecule has 2 bridgehead atoms. The topological polar surface area (TPSA) is 52.2 Å². The molecule has 1 amide bonds. The highest BCUT2D eigenvalue weighted by Crippen LogP contribution is 2.26. The van der Waals surface area contributed by atoms with Gasteiger partial charge in [0.25, 0.3) is 5.91 Å². The standard InChI is InChI=1S/C15H20N4O.C2H6/c20-15(14-12-3-1-2-4-13(12)16-17-14)19-10-9-18-7-5-11(19)6-8-18;1-2/h2,4,11H,1,3,5-10H2,(H,16,17);1-2H3. The number of hydrogen-bond donors (Lipinski definition) is 1. The lowest BCUT2D eigenvalue weighted by atomic mass is 10.00.